The molecule has 1 saturated heterocycles. The molecule has 1 fully saturated rings. The number of urea groups is 2. The fraction of sp³-hybridized carbons (Fsp3) is 0.357. The molecule has 12 heteroatoms. The SMILES string of the molecule is CC(=O)C1=C(C)[NH2+]C(=O)N(C(=O)[NH2+]CCCN2CCN(c3ccccc3C(N)=O)CC2)C1c1ccc(F)c(F)c1. The number of nitrogens with two attached hydrogens (primary N) is 3. The highest BCUT2D eigenvalue weighted by Crippen LogP contribution is 2.32. The van der Waals surface area contributed by atoms with Crippen molar-refractivity contribution in [1.82, 2.24) is 9.80 Å². The van der Waals surface area contributed by atoms with Gasteiger partial charge >= 0.3 is 12.1 Å². The summed E-state index contributed by atoms with van der Waals surface area (Å²) >= 11 is 0. The fourth-order valence-electron chi connectivity index (χ4n) is 5.32. The van der Waals surface area contributed by atoms with Crippen LogP contribution in [0.2, 0.25) is 0 Å². The molecule has 0 bridgehead atoms. The summed E-state index contributed by atoms with van der Waals surface area (Å²) in [6.07, 6.45) is 0.652. The van der Waals surface area contributed by atoms with E-state index in [9.17, 15) is 28.0 Å². The van der Waals surface area contributed by atoms with Gasteiger partial charge in [0.2, 0.25) is 0 Å². The third-order valence-electron chi connectivity index (χ3n) is 7.29. The van der Waals surface area contributed by atoms with E-state index in [1.165, 1.54) is 23.6 Å². The number of halogens is 2. The predicted octanol–water partition coefficient (Wildman–Crippen LogP) is 0.863. The van der Waals surface area contributed by atoms with Gasteiger partial charge in [0, 0.05) is 51.8 Å². The first-order valence-corrected chi connectivity index (χ1v) is 13.2. The average molecular weight is 557 g/mol. The molecule has 0 aromatic heterocycles. The molecule has 2 aliphatic heterocycles. The molecule has 2 heterocycles. The number of para-hydroxylation sites is 1. The van der Waals surface area contributed by atoms with Crippen LogP contribution in [-0.4, -0.2) is 72.8 Å². The first-order valence-electron chi connectivity index (χ1n) is 13.2. The van der Waals surface area contributed by atoms with Crippen molar-refractivity contribution < 1.29 is 38.6 Å². The minimum atomic E-state index is -1.15. The van der Waals surface area contributed by atoms with Crippen LogP contribution < -0.4 is 21.3 Å². The molecular weight excluding hydrogens is 522 g/mol. The second-order valence-electron chi connectivity index (χ2n) is 9.98. The summed E-state index contributed by atoms with van der Waals surface area (Å²) in [5.41, 5.74) is 7.54. The van der Waals surface area contributed by atoms with Crippen LogP contribution in [-0.2, 0) is 4.79 Å². The van der Waals surface area contributed by atoms with Crippen molar-refractivity contribution in [2.75, 3.05) is 44.2 Å². The lowest BCUT2D eigenvalue weighted by Gasteiger charge is -2.36. The van der Waals surface area contributed by atoms with Crippen LogP contribution in [0.3, 0.4) is 0 Å². The minimum absolute atomic E-state index is 0.141. The maximum Gasteiger partial charge on any atom is 0.432 e. The van der Waals surface area contributed by atoms with Gasteiger partial charge < -0.3 is 10.6 Å². The Balaban J connectivity index is 1.36. The number of carbonyl (C=O) groups excluding carboxylic acids is 4. The Bertz CT molecular complexity index is 1360. The number of hydrogen-bond acceptors (Lipinski definition) is 6. The highest BCUT2D eigenvalue weighted by atomic mass is 19.2. The zero-order valence-corrected chi connectivity index (χ0v) is 22.5. The number of allylic oxidation sites excluding steroid dienone is 1. The summed E-state index contributed by atoms with van der Waals surface area (Å²) in [4.78, 5) is 55.7. The quantitative estimate of drug-likeness (QED) is 0.413. The summed E-state index contributed by atoms with van der Waals surface area (Å²) in [5.74, 6) is -3.03. The van der Waals surface area contributed by atoms with Gasteiger partial charge in [0.1, 0.15) is 11.7 Å². The zero-order valence-electron chi connectivity index (χ0n) is 22.5. The van der Waals surface area contributed by atoms with E-state index in [4.69, 9.17) is 5.73 Å². The number of Topliss-reactive ketones (excluding diaryl/α,β-unsaturated/α-hetero) is 1. The van der Waals surface area contributed by atoms with Crippen LogP contribution in [0.5, 0.6) is 0 Å². The number of nitrogens with zero attached hydrogens (tertiary/aromatic N) is 3. The Morgan fingerprint density at radius 3 is 2.40 bits per heavy atom. The van der Waals surface area contributed by atoms with Crippen molar-refractivity contribution in [2.24, 2.45) is 5.73 Å². The third-order valence-corrected chi connectivity index (χ3v) is 7.29. The van der Waals surface area contributed by atoms with Crippen molar-refractivity contribution in [2.45, 2.75) is 26.3 Å². The molecule has 2 aromatic carbocycles. The van der Waals surface area contributed by atoms with Gasteiger partial charge in [-0.25, -0.2) is 23.7 Å². The Labute approximate surface area is 230 Å². The van der Waals surface area contributed by atoms with Crippen molar-refractivity contribution in [3.63, 3.8) is 0 Å². The first kappa shape index (κ1) is 29.0. The number of imide groups is 1. The van der Waals surface area contributed by atoms with E-state index in [0.29, 0.717) is 24.2 Å². The molecule has 0 radical (unpaired) electrons. The molecule has 1 unspecified atom stereocenters. The van der Waals surface area contributed by atoms with Crippen molar-refractivity contribution in [1.29, 1.82) is 0 Å². The third kappa shape index (κ3) is 6.24. The van der Waals surface area contributed by atoms with E-state index in [0.717, 1.165) is 55.4 Å². The van der Waals surface area contributed by atoms with Crippen LogP contribution in [0.15, 0.2) is 53.7 Å². The molecule has 10 nitrogen and oxygen atoms in total. The predicted molar refractivity (Wildman–Crippen MR) is 142 cm³/mol. The molecule has 0 spiro atoms. The lowest BCUT2D eigenvalue weighted by atomic mass is 9.91. The lowest BCUT2D eigenvalue weighted by molar-refractivity contribution is -0.569. The molecule has 2 aliphatic rings. The molecule has 40 heavy (non-hydrogen) atoms. The van der Waals surface area contributed by atoms with E-state index in [-0.39, 0.29) is 16.9 Å². The molecule has 6 N–H and O–H groups in total. The normalized spacial score (nSPS) is 18.3. The maximum absolute atomic E-state index is 14.1. The summed E-state index contributed by atoms with van der Waals surface area (Å²) < 4.78 is 27.7. The monoisotopic (exact) mass is 556 g/mol. The van der Waals surface area contributed by atoms with Gasteiger partial charge in [-0.05, 0) is 36.8 Å². The molecule has 2 aromatic rings. The molecule has 1 atom stereocenters. The number of ketones is 1. The zero-order chi connectivity index (χ0) is 29.0. The van der Waals surface area contributed by atoms with Crippen molar-refractivity contribution in [3.8, 4) is 0 Å². The second-order valence-corrected chi connectivity index (χ2v) is 9.98. The number of hydrogen-bond donors (Lipinski definition) is 3. The Hall–Kier alpha value is -4.00. The Morgan fingerprint density at radius 2 is 1.75 bits per heavy atom. The van der Waals surface area contributed by atoms with E-state index in [1.54, 1.807) is 19.1 Å². The van der Waals surface area contributed by atoms with Gasteiger partial charge in [0.05, 0.1) is 17.7 Å². The number of quaternary nitrogens is 2. The molecule has 5 amide bonds. The number of piperazine rings is 1. The fourth-order valence-corrected chi connectivity index (χ4v) is 5.32. The number of anilines is 1. The highest BCUT2D eigenvalue weighted by molar-refractivity contribution is 5.99. The maximum atomic E-state index is 14.1. The van der Waals surface area contributed by atoms with Gasteiger partial charge in [0.15, 0.2) is 17.4 Å². The van der Waals surface area contributed by atoms with E-state index >= 15 is 0 Å². The minimum Gasteiger partial charge on any atom is -0.368 e. The van der Waals surface area contributed by atoms with E-state index in [1.807, 2.05) is 12.1 Å². The average Bonchev–Trinajstić information content (AvgIpc) is 2.92. The van der Waals surface area contributed by atoms with Gasteiger partial charge in [0.25, 0.3) is 5.91 Å². The lowest BCUT2D eigenvalue weighted by Crippen LogP contribution is -2.98. The summed E-state index contributed by atoms with van der Waals surface area (Å²) in [7, 11) is 0. The molecule has 0 aliphatic carbocycles. The first-order chi connectivity index (χ1) is 19.1. The van der Waals surface area contributed by atoms with Gasteiger partial charge in [-0.15, -0.1) is 0 Å². The molecular formula is C28H34F2N6O4+2. The van der Waals surface area contributed by atoms with Gasteiger partial charge in [-0.2, -0.15) is 4.90 Å². The van der Waals surface area contributed by atoms with Gasteiger partial charge in [-0.1, -0.05) is 18.2 Å². The number of primary amides is 3. The number of benzene rings is 2. The molecule has 212 valence electrons. The number of carbonyl (C=O) groups is 4. The van der Waals surface area contributed by atoms with Crippen molar-refractivity contribution >= 4 is 29.4 Å². The van der Waals surface area contributed by atoms with Crippen LogP contribution in [0.25, 0.3) is 0 Å². The summed E-state index contributed by atoms with van der Waals surface area (Å²) in [6, 6.07) is 8.00. The van der Waals surface area contributed by atoms with E-state index < -0.39 is 35.6 Å². The number of rotatable bonds is 8. The van der Waals surface area contributed by atoms with Gasteiger partial charge in [-0.3, -0.25) is 19.8 Å². The Kier molecular flexibility index (Phi) is 9.03. The highest BCUT2D eigenvalue weighted by Gasteiger charge is 2.45. The number of amides is 5. The van der Waals surface area contributed by atoms with E-state index in [2.05, 4.69) is 9.80 Å². The second kappa shape index (κ2) is 12.5. The van der Waals surface area contributed by atoms with Crippen LogP contribution in [0.1, 0.15) is 42.2 Å². The van der Waals surface area contributed by atoms with Crippen LogP contribution >= 0.6 is 0 Å². The van der Waals surface area contributed by atoms with Crippen molar-refractivity contribution in [3.05, 3.63) is 76.5 Å². The topological polar surface area (TPSA) is 137 Å². The molecule has 4 rings (SSSR count). The summed E-state index contributed by atoms with van der Waals surface area (Å²) in [5, 5.41) is 2.62. The van der Waals surface area contributed by atoms with Crippen LogP contribution in [0.4, 0.5) is 24.1 Å². The summed E-state index contributed by atoms with van der Waals surface area (Å²) in [6.45, 7) is 6.99. The standard InChI is InChI=1S/C28H32F2N6O4/c1-17-24(18(2)37)25(19-8-9-21(29)22(30)16-19)36(28(40)33-17)27(39)32-10-5-11-34-12-14-35(15-13-34)23-7-4-3-6-20(23)26(31)38/h3-4,6-9,16,25H,5,10-15H2,1-2H3,(H2,31,38)(H,32,39)(H,33,40)/p+2. The Morgan fingerprint density at radius 1 is 1.05 bits per heavy atom. The molecule has 0 saturated carbocycles. The largest absolute Gasteiger partial charge is 0.432 e. The van der Waals surface area contributed by atoms with Crippen LogP contribution in [0, 0.1) is 11.6 Å². The smallest absolute Gasteiger partial charge is 0.368 e.